The maximum atomic E-state index is 14.6. The third kappa shape index (κ3) is 12.3. The number of rotatable bonds is 24. The molecular weight excluding hydrogens is 781 g/mol. The predicted molar refractivity (Wildman–Crippen MR) is 232 cm³/mol. The van der Waals surface area contributed by atoms with Crippen LogP contribution in [0.15, 0.2) is 30.3 Å². The van der Waals surface area contributed by atoms with E-state index in [4.69, 9.17) is 15.2 Å². The topological polar surface area (TPSA) is 201 Å². The van der Waals surface area contributed by atoms with Gasteiger partial charge in [-0.2, -0.15) is 0 Å². The Morgan fingerprint density at radius 2 is 1.64 bits per heavy atom. The first-order valence-corrected chi connectivity index (χ1v) is 22.6. The molecule has 3 unspecified atom stereocenters. The minimum Gasteiger partial charge on any atom is -0.480 e. The second kappa shape index (κ2) is 23.4. The van der Waals surface area contributed by atoms with Crippen molar-refractivity contribution in [3.8, 4) is 0 Å². The van der Waals surface area contributed by atoms with E-state index < -0.39 is 60.2 Å². The summed E-state index contributed by atoms with van der Waals surface area (Å²) in [5, 5.41) is 15.7. The standard InChI is InChI=1S/C46H74N6O9/c1-9-29(4)40(50(6)45(57)39(28(2)3)49-44(56)41-32-21-22-33(26-32)52(41)37(53)20-14-11-15-23-47)36(60-7)27-38(54)51-24-16-19-35(51)42(61-8)30(5)43(55)48-34(46(58)59)25-31-17-12-10-13-18-31/h10,12-13,17-18,28-30,32-36,39-42H,9,11,14-16,19-27,47H2,1-8H3,(H,48,55)(H,49,56)(H,58,59)/t29-,30+,32-,33+,34?,35?,36+,39?,40-,41-,42+/m0/s1. The minimum atomic E-state index is -1.15. The number of benzene rings is 1. The zero-order valence-corrected chi connectivity index (χ0v) is 37.8. The monoisotopic (exact) mass is 855 g/mol. The van der Waals surface area contributed by atoms with Crippen LogP contribution in [0.25, 0.3) is 0 Å². The van der Waals surface area contributed by atoms with Crippen molar-refractivity contribution in [3.05, 3.63) is 35.9 Å². The van der Waals surface area contributed by atoms with Gasteiger partial charge in [-0.05, 0) is 74.8 Å². The van der Waals surface area contributed by atoms with Crippen molar-refractivity contribution in [3.63, 3.8) is 0 Å². The molecule has 0 radical (unpaired) electrons. The fourth-order valence-electron chi connectivity index (χ4n) is 10.0. The summed E-state index contributed by atoms with van der Waals surface area (Å²) in [4.78, 5) is 87.3. The second-order valence-electron chi connectivity index (χ2n) is 18.0. The van der Waals surface area contributed by atoms with Crippen LogP contribution in [0.1, 0.15) is 111 Å². The molecule has 0 aromatic heterocycles. The number of fused-ring (bicyclic) bond motifs is 2. The van der Waals surface area contributed by atoms with Crippen molar-refractivity contribution in [1.82, 2.24) is 25.3 Å². The molecule has 11 atom stereocenters. The molecule has 3 fully saturated rings. The molecular formula is C46H74N6O9. The molecule has 1 saturated carbocycles. The number of nitrogens with two attached hydrogens (primary N) is 1. The summed E-state index contributed by atoms with van der Waals surface area (Å²) in [6, 6.07) is 5.53. The number of likely N-dealkylation sites (N-methyl/N-ethyl adjacent to an activating group) is 1. The molecule has 0 spiro atoms. The summed E-state index contributed by atoms with van der Waals surface area (Å²) in [5.74, 6) is -3.51. The number of methoxy groups -OCH3 is 2. The van der Waals surface area contributed by atoms with Crippen molar-refractivity contribution >= 4 is 35.5 Å². The Bertz CT molecular complexity index is 1630. The van der Waals surface area contributed by atoms with Crippen LogP contribution in [0.4, 0.5) is 0 Å². The fraction of sp³-hybridized carbons (Fsp3) is 0.739. The quantitative estimate of drug-likeness (QED) is 0.111. The third-order valence-electron chi connectivity index (χ3n) is 13.6. The lowest BCUT2D eigenvalue weighted by Gasteiger charge is -2.41. The van der Waals surface area contributed by atoms with E-state index in [2.05, 4.69) is 10.6 Å². The summed E-state index contributed by atoms with van der Waals surface area (Å²) in [6.07, 6.45) is 6.00. The normalized spacial score (nSPS) is 23.2. The third-order valence-corrected chi connectivity index (χ3v) is 13.6. The van der Waals surface area contributed by atoms with Crippen LogP contribution in [-0.2, 0) is 44.7 Å². The van der Waals surface area contributed by atoms with Gasteiger partial charge in [0.05, 0.1) is 36.6 Å². The lowest BCUT2D eigenvalue weighted by molar-refractivity contribution is -0.149. The highest BCUT2D eigenvalue weighted by atomic mass is 16.5. The van der Waals surface area contributed by atoms with Crippen LogP contribution in [0, 0.1) is 23.7 Å². The van der Waals surface area contributed by atoms with Crippen LogP contribution in [0.2, 0.25) is 0 Å². The van der Waals surface area contributed by atoms with Gasteiger partial charge < -0.3 is 45.6 Å². The van der Waals surface area contributed by atoms with Gasteiger partial charge in [-0.25, -0.2) is 4.79 Å². The number of carbonyl (C=O) groups is 6. The molecule has 1 aromatic rings. The lowest BCUT2D eigenvalue weighted by Crippen LogP contribution is -2.60. The van der Waals surface area contributed by atoms with Crippen LogP contribution >= 0.6 is 0 Å². The molecule has 4 rings (SSSR count). The highest BCUT2D eigenvalue weighted by Gasteiger charge is 2.52. The average molecular weight is 855 g/mol. The second-order valence-corrected chi connectivity index (χ2v) is 18.0. The summed E-state index contributed by atoms with van der Waals surface area (Å²) < 4.78 is 11.9. The number of nitrogens with zero attached hydrogens (tertiary/aromatic N) is 3. The number of aliphatic carboxylic acids is 1. The molecule has 2 aliphatic heterocycles. The number of piperidine rings is 1. The van der Waals surface area contributed by atoms with E-state index in [1.165, 1.54) is 14.2 Å². The van der Waals surface area contributed by atoms with Gasteiger partial charge >= 0.3 is 5.97 Å². The van der Waals surface area contributed by atoms with Crippen LogP contribution in [0.3, 0.4) is 0 Å². The van der Waals surface area contributed by atoms with Gasteiger partial charge in [-0.15, -0.1) is 0 Å². The largest absolute Gasteiger partial charge is 0.480 e. The number of hydrogen-bond acceptors (Lipinski definition) is 9. The molecule has 3 aliphatic rings. The number of ether oxygens (including phenoxy) is 2. The van der Waals surface area contributed by atoms with Crippen LogP contribution in [-0.4, -0.2) is 138 Å². The summed E-state index contributed by atoms with van der Waals surface area (Å²) in [5.41, 5.74) is 6.43. The number of carboxylic acid groups (broad SMARTS) is 1. The summed E-state index contributed by atoms with van der Waals surface area (Å²) >= 11 is 0. The predicted octanol–water partition coefficient (Wildman–Crippen LogP) is 3.76. The number of amides is 5. The number of carboxylic acids is 1. The van der Waals surface area contributed by atoms with Gasteiger partial charge in [0, 0.05) is 46.7 Å². The Hall–Kier alpha value is -4.08. The molecule has 15 heteroatoms. The first-order valence-electron chi connectivity index (χ1n) is 22.6. The van der Waals surface area contributed by atoms with Gasteiger partial charge in [0.1, 0.15) is 18.1 Å². The van der Waals surface area contributed by atoms with Gasteiger partial charge in [0.15, 0.2) is 0 Å². The molecule has 61 heavy (non-hydrogen) atoms. The molecule has 15 nitrogen and oxygen atoms in total. The summed E-state index contributed by atoms with van der Waals surface area (Å²) in [7, 11) is 4.73. The van der Waals surface area contributed by atoms with E-state index in [1.807, 2.05) is 58.0 Å². The number of unbranched alkanes of at least 4 members (excludes halogenated alkanes) is 2. The Morgan fingerprint density at radius 1 is 0.934 bits per heavy atom. The molecule has 2 heterocycles. The highest BCUT2D eigenvalue weighted by Crippen LogP contribution is 2.43. The molecule has 5 N–H and O–H groups in total. The van der Waals surface area contributed by atoms with Gasteiger partial charge in [0.25, 0.3) is 0 Å². The van der Waals surface area contributed by atoms with E-state index in [0.29, 0.717) is 38.8 Å². The number of hydrogen-bond donors (Lipinski definition) is 4. The van der Waals surface area contributed by atoms with Crippen LogP contribution < -0.4 is 16.4 Å². The minimum absolute atomic E-state index is 0.0150. The number of likely N-dealkylation sites (tertiary alicyclic amines) is 2. The van der Waals surface area contributed by atoms with Gasteiger partial charge in [-0.3, -0.25) is 24.0 Å². The fourth-order valence-corrected chi connectivity index (χ4v) is 10.0. The van der Waals surface area contributed by atoms with E-state index in [-0.39, 0.29) is 60.3 Å². The maximum Gasteiger partial charge on any atom is 0.326 e. The van der Waals surface area contributed by atoms with Crippen LogP contribution in [0.5, 0.6) is 0 Å². The number of carbonyl (C=O) groups excluding carboxylic acids is 5. The maximum absolute atomic E-state index is 14.6. The SMILES string of the molecule is CC[C@H](C)[C@@H]([C@@H](CC(=O)N1CCCC1[C@H](OC)[C@@H](C)C(=O)NC(Cc1ccccc1)C(=O)O)OC)N(C)C(=O)C(NC(=O)[C@@H]1[C@H]2CC[C@H](C2)N1C(=O)CCCCCN)C(C)C. The Morgan fingerprint density at radius 3 is 2.25 bits per heavy atom. The molecule has 1 aromatic carbocycles. The zero-order chi connectivity index (χ0) is 45.0. The van der Waals surface area contributed by atoms with E-state index in [1.54, 1.807) is 28.7 Å². The van der Waals surface area contributed by atoms with Crippen molar-refractivity contribution < 1.29 is 43.3 Å². The Kier molecular flexibility index (Phi) is 19.0. The molecule has 2 saturated heterocycles. The smallest absolute Gasteiger partial charge is 0.326 e. The molecule has 2 bridgehead atoms. The van der Waals surface area contributed by atoms with Crippen molar-refractivity contribution in [2.24, 2.45) is 29.4 Å². The molecule has 342 valence electrons. The Labute approximate surface area is 363 Å². The average Bonchev–Trinajstić information content (AvgIpc) is 4.01. The summed E-state index contributed by atoms with van der Waals surface area (Å²) in [6.45, 7) is 10.5. The van der Waals surface area contributed by atoms with Gasteiger partial charge in [-0.1, -0.05) is 77.8 Å². The van der Waals surface area contributed by atoms with Crippen molar-refractivity contribution in [2.75, 3.05) is 34.4 Å². The van der Waals surface area contributed by atoms with Crippen molar-refractivity contribution in [2.45, 2.75) is 160 Å². The highest BCUT2D eigenvalue weighted by molar-refractivity contribution is 5.93. The first kappa shape index (κ1) is 49.6. The van der Waals surface area contributed by atoms with Gasteiger partial charge in [0.2, 0.25) is 29.5 Å². The zero-order valence-electron chi connectivity index (χ0n) is 37.8. The first-order chi connectivity index (χ1) is 29.1. The van der Waals surface area contributed by atoms with E-state index in [0.717, 1.165) is 44.1 Å². The van der Waals surface area contributed by atoms with E-state index >= 15 is 0 Å². The molecule has 5 amide bonds. The lowest BCUT2D eigenvalue weighted by atomic mass is 9.89. The van der Waals surface area contributed by atoms with Crippen molar-refractivity contribution in [1.29, 1.82) is 0 Å². The Balaban J connectivity index is 1.46. The molecule has 1 aliphatic carbocycles. The van der Waals surface area contributed by atoms with E-state index in [9.17, 15) is 33.9 Å². The number of nitrogens with one attached hydrogen (secondary N) is 2.